The molecular formula is C16H26BNO3. The predicted molar refractivity (Wildman–Crippen MR) is 85.7 cm³/mol. The van der Waals surface area contributed by atoms with Crippen molar-refractivity contribution in [3.8, 4) is 5.75 Å². The van der Waals surface area contributed by atoms with Crippen LogP contribution in [0.1, 0.15) is 38.2 Å². The second kappa shape index (κ2) is 7.30. The van der Waals surface area contributed by atoms with Gasteiger partial charge in [-0.1, -0.05) is 31.9 Å². The number of methoxy groups -OCH3 is 1. The van der Waals surface area contributed by atoms with Crippen molar-refractivity contribution in [2.75, 3.05) is 14.2 Å². The van der Waals surface area contributed by atoms with Crippen LogP contribution < -0.4 is 10.2 Å². The molecule has 1 aliphatic rings. The van der Waals surface area contributed by atoms with Crippen molar-refractivity contribution in [2.24, 2.45) is 5.92 Å². The van der Waals surface area contributed by atoms with Gasteiger partial charge in [0.15, 0.2) is 0 Å². The highest BCUT2D eigenvalue weighted by Gasteiger charge is 2.25. The minimum Gasteiger partial charge on any atom is -0.497 e. The van der Waals surface area contributed by atoms with Gasteiger partial charge in [-0.15, -0.1) is 0 Å². The van der Waals surface area contributed by atoms with Crippen LogP contribution in [-0.2, 0) is 6.54 Å². The van der Waals surface area contributed by atoms with Gasteiger partial charge in [0, 0.05) is 18.0 Å². The van der Waals surface area contributed by atoms with Crippen molar-refractivity contribution in [1.29, 1.82) is 0 Å². The van der Waals surface area contributed by atoms with Gasteiger partial charge in [0.1, 0.15) is 5.75 Å². The molecule has 2 rings (SSSR count). The molecule has 0 aliphatic heterocycles. The smallest absolute Gasteiger partial charge is 0.492 e. The Hall–Kier alpha value is -1.04. The maximum atomic E-state index is 9.45. The fourth-order valence-electron chi connectivity index (χ4n) is 3.44. The monoisotopic (exact) mass is 291 g/mol. The Balaban J connectivity index is 2.10. The van der Waals surface area contributed by atoms with Gasteiger partial charge in [0.2, 0.25) is 0 Å². The number of nitrogens with zero attached hydrogens (tertiary/aromatic N) is 1. The summed E-state index contributed by atoms with van der Waals surface area (Å²) in [6, 6.07) is 6.24. The normalized spacial score (nSPS) is 22.4. The van der Waals surface area contributed by atoms with Crippen molar-refractivity contribution in [1.82, 2.24) is 4.90 Å². The standard InChI is InChI=1S/C16H26BNO3/c1-12-6-4-5-7-15(12)18(2)11-13-8-9-16(21-3)14(10-13)17(19)20/h8-10,12,15,19-20H,4-7,11H2,1-3H3. The third-order valence-corrected chi connectivity index (χ3v) is 4.64. The summed E-state index contributed by atoms with van der Waals surface area (Å²) in [4.78, 5) is 2.39. The zero-order valence-corrected chi connectivity index (χ0v) is 13.2. The van der Waals surface area contributed by atoms with Crippen LogP contribution in [0.5, 0.6) is 5.75 Å². The molecule has 2 N–H and O–H groups in total. The van der Waals surface area contributed by atoms with E-state index in [1.54, 1.807) is 0 Å². The van der Waals surface area contributed by atoms with Crippen LogP contribution in [0.15, 0.2) is 18.2 Å². The third-order valence-electron chi connectivity index (χ3n) is 4.64. The van der Waals surface area contributed by atoms with Crippen LogP contribution in [0.3, 0.4) is 0 Å². The van der Waals surface area contributed by atoms with E-state index >= 15 is 0 Å². The number of hydrogen-bond acceptors (Lipinski definition) is 4. The summed E-state index contributed by atoms with van der Waals surface area (Å²) in [6.45, 7) is 3.15. The van der Waals surface area contributed by atoms with Gasteiger partial charge in [0.05, 0.1) is 7.11 Å². The van der Waals surface area contributed by atoms with E-state index < -0.39 is 7.12 Å². The molecule has 1 aromatic carbocycles. The molecule has 4 nitrogen and oxygen atoms in total. The molecule has 5 heteroatoms. The van der Waals surface area contributed by atoms with Crippen molar-refractivity contribution >= 4 is 12.6 Å². The lowest BCUT2D eigenvalue weighted by Crippen LogP contribution is -2.39. The Kier molecular flexibility index (Phi) is 5.68. The lowest BCUT2D eigenvalue weighted by atomic mass is 9.78. The molecule has 1 aliphatic carbocycles. The van der Waals surface area contributed by atoms with E-state index in [4.69, 9.17) is 4.74 Å². The van der Waals surface area contributed by atoms with Gasteiger partial charge >= 0.3 is 7.12 Å². The molecule has 21 heavy (non-hydrogen) atoms. The fraction of sp³-hybridized carbons (Fsp3) is 0.625. The molecule has 1 aromatic rings. The number of ether oxygens (including phenoxy) is 1. The van der Waals surface area contributed by atoms with Crippen LogP contribution in [0.2, 0.25) is 0 Å². The fourth-order valence-corrected chi connectivity index (χ4v) is 3.44. The molecule has 1 saturated carbocycles. The van der Waals surface area contributed by atoms with Crippen molar-refractivity contribution in [3.63, 3.8) is 0 Å². The van der Waals surface area contributed by atoms with Crippen molar-refractivity contribution in [2.45, 2.75) is 45.2 Å². The molecule has 2 unspecified atom stereocenters. The van der Waals surface area contributed by atoms with Gasteiger partial charge in [-0.25, -0.2) is 0 Å². The number of benzene rings is 1. The van der Waals surface area contributed by atoms with Crippen LogP contribution >= 0.6 is 0 Å². The zero-order valence-electron chi connectivity index (χ0n) is 13.2. The van der Waals surface area contributed by atoms with Crippen molar-refractivity contribution in [3.05, 3.63) is 23.8 Å². The number of hydrogen-bond donors (Lipinski definition) is 2. The molecule has 0 heterocycles. The summed E-state index contributed by atoms with van der Waals surface area (Å²) < 4.78 is 5.17. The van der Waals surface area contributed by atoms with Crippen LogP contribution in [0, 0.1) is 5.92 Å². The summed E-state index contributed by atoms with van der Waals surface area (Å²) in [5, 5.41) is 18.9. The van der Waals surface area contributed by atoms with Crippen LogP contribution in [0.25, 0.3) is 0 Å². The molecule has 0 bridgehead atoms. The van der Waals surface area contributed by atoms with E-state index in [-0.39, 0.29) is 0 Å². The molecule has 0 spiro atoms. The summed E-state index contributed by atoms with van der Waals surface area (Å²) in [5.74, 6) is 1.24. The summed E-state index contributed by atoms with van der Waals surface area (Å²) in [7, 11) is 2.20. The quantitative estimate of drug-likeness (QED) is 0.805. The van der Waals surface area contributed by atoms with E-state index in [9.17, 15) is 10.0 Å². The first-order valence-corrected chi connectivity index (χ1v) is 7.76. The van der Waals surface area contributed by atoms with Crippen LogP contribution in [0.4, 0.5) is 0 Å². The van der Waals surface area contributed by atoms with Gasteiger partial charge in [-0.2, -0.15) is 0 Å². The topological polar surface area (TPSA) is 52.9 Å². The van der Waals surface area contributed by atoms with Crippen LogP contribution in [-0.4, -0.2) is 42.3 Å². The van der Waals surface area contributed by atoms with Gasteiger partial charge in [-0.3, -0.25) is 4.90 Å². The largest absolute Gasteiger partial charge is 0.497 e. The molecular weight excluding hydrogens is 265 g/mol. The maximum Gasteiger partial charge on any atom is 0.492 e. The molecule has 0 saturated heterocycles. The van der Waals surface area contributed by atoms with Gasteiger partial charge < -0.3 is 14.8 Å². The first-order chi connectivity index (χ1) is 10.0. The first kappa shape index (κ1) is 16.3. The molecule has 0 amide bonds. The average Bonchev–Trinajstić information content (AvgIpc) is 2.47. The lowest BCUT2D eigenvalue weighted by Gasteiger charge is -2.36. The Morgan fingerprint density at radius 1 is 1.29 bits per heavy atom. The third kappa shape index (κ3) is 3.99. The predicted octanol–water partition coefficient (Wildman–Crippen LogP) is 1.39. The highest BCUT2D eigenvalue weighted by Crippen LogP contribution is 2.28. The first-order valence-electron chi connectivity index (χ1n) is 7.76. The van der Waals surface area contributed by atoms with E-state index in [0.29, 0.717) is 17.3 Å². The Morgan fingerprint density at radius 2 is 2.00 bits per heavy atom. The number of rotatable bonds is 5. The minimum absolute atomic E-state index is 0.431. The molecule has 0 aromatic heterocycles. The van der Waals surface area contributed by atoms with E-state index in [1.807, 2.05) is 18.2 Å². The van der Waals surface area contributed by atoms with E-state index in [2.05, 4.69) is 18.9 Å². The lowest BCUT2D eigenvalue weighted by molar-refractivity contribution is 0.133. The molecule has 0 radical (unpaired) electrons. The highest BCUT2D eigenvalue weighted by molar-refractivity contribution is 6.59. The maximum absolute atomic E-state index is 9.45. The Labute approximate surface area is 127 Å². The average molecular weight is 291 g/mol. The molecule has 2 atom stereocenters. The van der Waals surface area contributed by atoms with E-state index in [0.717, 1.165) is 18.0 Å². The van der Waals surface area contributed by atoms with Gasteiger partial charge in [0.25, 0.3) is 0 Å². The molecule has 116 valence electrons. The zero-order chi connectivity index (χ0) is 15.4. The Bertz CT molecular complexity index is 467. The molecule has 1 fully saturated rings. The second-order valence-corrected chi connectivity index (χ2v) is 6.19. The van der Waals surface area contributed by atoms with Gasteiger partial charge in [-0.05, 0) is 37.4 Å². The minimum atomic E-state index is -1.50. The second-order valence-electron chi connectivity index (χ2n) is 6.19. The summed E-state index contributed by atoms with van der Waals surface area (Å²) >= 11 is 0. The SMILES string of the molecule is COc1ccc(CN(C)C2CCCCC2C)cc1B(O)O. The highest BCUT2D eigenvalue weighted by atomic mass is 16.5. The van der Waals surface area contributed by atoms with E-state index in [1.165, 1.54) is 32.8 Å². The summed E-state index contributed by atoms with van der Waals surface area (Å²) in [5.41, 5.74) is 1.51. The van der Waals surface area contributed by atoms with Crippen molar-refractivity contribution < 1.29 is 14.8 Å². The summed E-state index contributed by atoms with van der Waals surface area (Å²) in [6.07, 6.45) is 5.21. The Morgan fingerprint density at radius 3 is 2.62 bits per heavy atom.